The van der Waals surface area contributed by atoms with E-state index >= 15 is 0 Å². The molecule has 1 heterocycles. The van der Waals surface area contributed by atoms with Crippen molar-refractivity contribution < 1.29 is 13.2 Å². The van der Waals surface area contributed by atoms with Gasteiger partial charge < -0.3 is 5.32 Å². The number of amides is 1. The van der Waals surface area contributed by atoms with Gasteiger partial charge in [-0.3, -0.25) is 9.36 Å². The summed E-state index contributed by atoms with van der Waals surface area (Å²) < 4.78 is 28.5. The van der Waals surface area contributed by atoms with Crippen LogP contribution in [-0.4, -0.2) is 28.4 Å². The third-order valence-electron chi connectivity index (χ3n) is 4.22. The Morgan fingerprint density at radius 2 is 1.57 bits per heavy atom. The van der Waals surface area contributed by atoms with Crippen molar-refractivity contribution in [3.05, 3.63) is 64.6 Å². The van der Waals surface area contributed by atoms with Crippen LogP contribution in [0.15, 0.2) is 58.2 Å². The number of benzene rings is 2. The lowest BCUT2D eigenvalue weighted by molar-refractivity contribution is -0.123. The highest BCUT2D eigenvalue weighted by Gasteiger charge is 2.27. The van der Waals surface area contributed by atoms with Gasteiger partial charge in [0.25, 0.3) is 10.0 Å². The van der Waals surface area contributed by atoms with Crippen LogP contribution in [-0.2, 0) is 21.4 Å². The van der Waals surface area contributed by atoms with E-state index in [1.165, 1.54) is 10.6 Å². The third kappa shape index (κ3) is 3.60. The molecule has 0 aliphatic heterocycles. The first-order valence-corrected chi connectivity index (χ1v) is 10.3. The van der Waals surface area contributed by atoms with Crippen molar-refractivity contribution in [1.29, 1.82) is 0 Å². The molecule has 2 aromatic carbocycles. The van der Waals surface area contributed by atoms with Crippen LogP contribution in [0.4, 0.5) is 0 Å². The molecule has 0 spiro atoms. The van der Waals surface area contributed by atoms with Gasteiger partial charge in [0.1, 0.15) is 6.54 Å². The number of fused-ring (bicyclic) bond motifs is 1. The van der Waals surface area contributed by atoms with Crippen LogP contribution in [0, 0.1) is 6.92 Å². The van der Waals surface area contributed by atoms with Gasteiger partial charge in [0.15, 0.2) is 0 Å². The fourth-order valence-electron chi connectivity index (χ4n) is 3.11. The van der Waals surface area contributed by atoms with Crippen molar-refractivity contribution >= 4 is 27.0 Å². The van der Waals surface area contributed by atoms with E-state index in [2.05, 4.69) is 5.32 Å². The number of hydrogen-bond acceptors (Lipinski definition) is 4. The second-order valence-electron chi connectivity index (χ2n) is 7.69. The lowest BCUT2D eigenvalue weighted by Gasteiger charge is -2.20. The molecule has 1 N–H and O–H groups in total. The fraction of sp³-hybridized carbons (Fsp3) is 0.300. The van der Waals surface area contributed by atoms with E-state index in [4.69, 9.17) is 0 Å². The molecule has 0 saturated heterocycles. The van der Waals surface area contributed by atoms with Crippen LogP contribution in [0.2, 0.25) is 0 Å². The Morgan fingerprint density at radius 1 is 1.00 bits per heavy atom. The van der Waals surface area contributed by atoms with E-state index < -0.39 is 21.3 Å². The summed E-state index contributed by atoms with van der Waals surface area (Å²) in [6, 6.07) is 13.0. The van der Waals surface area contributed by atoms with E-state index in [1.807, 2.05) is 20.8 Å². The highest BCUT2D eigenvalue weighted by molar-refractivity contribution is 7.90. The van der Waals surface area contributed by atoms with Crippen molar-refractivity contribution in [2.24, 2.45) is 0 Å². The Morgan fingerprint density at radius 3 is 2.18 bits per heavy atom. The zero-order chi connectivity index (χ0) is 20.7. The molecule has 7 nitrogen and oxygen atoms in total. The molecule has 0 unspecified atom stereocenters. The minimum Gasteiger partial charge on any atom is -0.350 e. The molecule has 3 aromatic rings. The average Bonchev–Trinajstić information content (AvgIpc) is 2.86. The van der Waals surface area contributed by atoms with Gasteiger partial charge >= 0.3 is 5.69 Å². The predicted octanol–water partition coefficient (Wildman–Crippen LogP) is 2.26. The summed E-state index contributed by atoms with van der Waals surface area (Å²) in [7, 11) is -4.13. The van der Waals surface area contributed by atoms with Gasteiger partial charge in [0.05, 0.1) is 15.9 Å². The molecule has 8 heteroatoms. The van der Waals surface area contributed by atoms with E-state index in [1.54, 1.807) is 49.4 Å². The highest BCUT2D eigenvalue weighted by Crippen LogP contribution is 2.22. The molecule has 0 saturated carbocycles. The molecule has 148 valence electrons. The topological polar surface area (TPSA) is 90.2 Å². The molecular formula is C20H23N3O4S. The average molecular weight is 401 g/mol. The Balaban J connectivity index is 2.21. The van der Waals surface area contributed by atoms with E-state index in [9.17, 15) is 18.0 Å². The fourth-order valence-corrected chi connectivity index (χ4v) is 4.75. The summed E-state index contributed by atoms with van der Waals surface area (Å²) in [6.07, 6.45) is 0. The molecule has 28 heavy (non-hydrogen) atoms. The van der Waals surface area contributed by atoms with Crippen LogP contribution >= 0.6 is 0 Å². The van der Waals surface area contributed by atoms with E-state index in [0.29, 0.717) is 11.1 Å². The van der Waals surface area contributed by atoms with Crippen LogP contribution in [0.5, 0.6) is 0 Å². The lowest BCUT2D eigenvalue weighted by Crippen LogP contribution is -2.43. The molecule has 0 fully saturated rings. The number of carbonyl (C=O) groups excluding carboxylic acids is 1. The second kappa shape index (κ2) is 6.94. The molecule has 0 aliphatic carbocycles. The number of nitrogens with zero attached hydrogens (tertiary/aromatic N) is 2. The SMILES string of the molecule is Cc1ccccc1S(=O)(=O)n1c(=O)n(CC(=O)NC(C)(C)C)c2ccccc21. The monoisotopic (exact) mass is 401 g/mol. The Hall–Kier alpha value is -2.87. The lowest BCUT2D eigenvalue weighted by atomic mass is 10.1. The minimum absolute atomic E-state index is 0.0548. The normalized spacial score (nSPS) is 12.3. The number of aryl methyl sites for hydroxylation is 1. The smallest absolute Gasteiger partial charge is 0.343 e. The standard InChI is InChI=1S/C20H23N3O4S/c1-14-9-5-8-12-17(14)28(26,27)23-16-11-7-6-10-15(16)22(19(23)25)13-18(24)21-20(2,3)4/h5-12H,13H2,1-4H3,(H,21,24). The molecule has 3 rings (SSSR count). The molecule has 0 radical (unpaired) electrons. The minimum atomic E-state index is -4.13. The Kier molecular flexibility index (Phi) is 4.93. The quantitative estimate of drug-likeness (QED) is 0.726. The second-order valence-corrected chi connectivity index (χ2v) is 9.45. The summed E-state index contributed by atoms with van der Waals surface area (Å²) in [6.45, 7) is 6.90. The Labute approximate surface area is 163 Å². The Bertz CT molecular complexity index is 1210. The van der Waals surface area contributed by atoms with Crippen molar-refractivity contribution in [3.8, 4) is 0 Å². The highest BCUT2D eigenvalue weighted by atomic mass is 32.2. The summed E-state index contributed by atoms with van der Waals surface area (Å²) in [5.41, 5.74) is -0.0787. The van der Waals surface area contributed by atoms with Gasteiger partial charge in [0.2, 0.25) is 5.91 Å². The summed E-state index contributed by atoms with van der Waals surface area (Å²) in [5, 5.41) is 2.79. The molecule has 1 aromatic heterocycles. The van der Waals surface area contributed by atoms with Crippen LogP contribution in [0.3, 0.4) is 0 Å². The molecule has 0 aliphatic rings. The molecule has 0 atom stereocenters. The van der Waals surface area contributed by atoms with Gasteiger partial charge in [-0.25, -0.2) is 13.2 Å². The number of imidazole rings is 1. The first kappa shape index (κ1) is 19.9. The largest absolute Gasteiger partial charge is 0.350 e. The molecular weight excluding hydrogens is 378 g/mol. The zero-order valence-corrected chi connectivity index (χ0v) is 17.1. The first-order chi connectivity index (χ1) is 13.0. The summed E-state index contributed by atoms with van der Waals surface area (Å²) >= 11 is 0. The maximum atomic E-state index is 13.3. The predicted molar refractivity (Wildman–Crippen MR) is 108 cm³/mol. The van der Waals surface area contributed by atoms with Crippen LogP contribution < -0.4 is 11.0 Å². The zero-order valence-electron chi connectivity index (χ0n) is 16.3. The van der Waals surface area contributed by atoms with Gasteiger partial charge in [-0.05, 0) is 51.5 Å². The maximum Gasteiger partial charge on any atom is 0.343 e. The summed E-state index contributed by atoms with van der Waals surface area (Å²) in [4.78, 5) is 25.5. The summed E-state index contributed by atoms with van der Waals surface area (Å²) in [5.74, 6) is -0.370. The number of aromatic nitrogens is 2. The van der Waals surface area contributed by atoms with Gasteiger partial charge in [-0.15, -0.1) is 0 Å². The molecule has 1 amide bonds. The molecule has 0 bridgehead atoms. The number of para-hydroxylation sites is 2. The van der Waals surface area contributed by atoms with Crippen molar-refractivity contribution in [3.63, 3.8) is 0 Å². The number of nitrogens with one attached hydrogen (secondary N) is 1. The number of rotatable bonds is 4. The van der Waals surface area contributed by atoms with Gasteiger partial charge in [-0.2, -0.15) is 3.97 Å². The van der Waals surface area contributed by atoms with Crippen molar-refractivity contribution in [1.82, 2.24) is 13.9 Å². The number of carbonyl (C=O) groups is 1. The maximum absolute atomic E-state index is 13.3. The van der Waals surface area contributed by atoms with Crippen molar-refractivity contribution in [2.45, 2.75) is 44.7 Å². The first-order valence-electron chi connectivity index (χ1n) is 8.85. The van der Waals surface area contributed by atoms with Crippen LogP contribution in [0.1, 0.15) is 26.3 Å². The van der Waals surface area contributed by atoms with Gasteiger partial charge in [0, 0.05) is 5.54 Å². The van der Waals surface area contributed by atoms with E-state index in [0.717, 1.165) is 3.97 Å². The van der Waals surface area contributed by atoms with Crippen LogP contribution in [0.25, 0.3) is 11.0 Å². The van der Waals surface area contributed by atoms with Crippen molar-refractivity contribution in [2.75, 3.05) is 0 Å². The third-order valence-corrected chi connectivity index (χ3v) is 6.07. The van der Waals surface area contributed by atoms with Gasteiger partial charge in [-0.1, -0.05) is 30.3 Å². The number of hydrogen-bond donors (Lipinski definition) is 1. The van der Waals surface area contributed by atoms with E-state index in [-0.39, 0.29) is 22.9 Å².